The molecule has 3 heterocycles. The number of nitro groups is 1. The molecule has 0 bridgehead atoms. The fraction of sp³-hybridized carbons (Fsp3) is 0.0952. The van der Waals surface area contributed by atoms with Gasteiger partial charge in [-0.25, -0.2) is 9.78 Å². The average Bonchev–Trinajstić information content (AvgIpc) is 3.14. The van der Waals surface area contributed by atoms with Crippen LogP contribution in [0.3, 0.4) is 0 Å². The first-order valence-electron chi connectivity index (χ1n) is 8.87. The SMILES string of the molecule is O=C1OC[C@@H](c2ccccc2)N1C(=Cc1ccc([N+](=O)[O-])cn1)c1cccnc1. The van der Waals surface area contributed by atoms with E-state index in [9.17, 15) is 14.9 Å². The molecule has 0 unspecified atom stereocenters. The lowest BCUT2D eigenvalue weighted by molar-refractivity contribution is -0.385. The van der Waals surface area contributed by atoms with Crippen molar-refractivity contribution >= 4 is 23.6 Å². The van der Waals surface area contributed by atoms with Crippen LogP contribution >= 0.6 is 0 Å². The van der Waals surface area contributed by atoms with Gasteiger partial charge in [-0.3, -0.25) is 20.0 Å². The summed E-state index contributed by atoms with van der Waals surface area (Å²) < 4.78 is 5.34. The van der Waals surface area contributed by atoms with Crippen LogP contribution in [-0.2, 0) is 4.74 Å². The summed E-state index contributed by atoms with van der Waals surface area (Å²) in [5.74, 6) is 0. The number of pyridine rings is 2. The second kappa shape index (κ2) is 7.89. The van der Waals surface area contributed by atoms with Crippen molar-refractivity contribution in [2.75, 3.05) is 6.61 Å². The highest BCUT2D eigenvalue weighted by Crippen LogP contribution is 2.36. The Labute approximate surface area is 166 Å². The van der Waals surface area contributed by atoms with Crippen LogP contribution in [0.25, 0.3) is 11.8 Å². The van der Waals surface area contributed by atoms with E-state index in [-0.39, 0.29) is 18.3 Å². The summed E-state index contributed by atoms with van der Waals surface area (Å²) in [5.41, 5.74) is 2.56. The predicted octanol–water partition coefficient (Wildman–Crippen LogP) is 4.08. The first kappa shape index (κ1) is 18.3. The standard InChI is InChI=1S/C21H16N4O4/c26-21-24(20(14-29-21)15-5-2-1-3-6-15)19(16-7-4-10-22-12-16)11-17-8-9-18(13-23-17)25(27)28/h1-13,20H,14H2/t20-/m0/s1. The van der Waals surface area contributed by atoms with Gasteiger partial charge in [-0.15, -0.1) is 0 Å². The normalized spacial score (nSPS) is 16.6. The van der Waals surface area contributed by atoms with Gasteiger partial charge < -0.3 is 4.74 Å². The smallest absolute Gasteiger partial charge is 0.415 e. The number of benzene rings is 1. The fourth-order valence-electron chi connectivity index (χ4n) is 3.15. The number of amides is 1. The van der Waals surface area contributed by atoms with Crippen molar-refractivity contribution in [1.29, 1.82) is 0 Å². The molecule has 8 nitrogen and oxygen atoms in total. The molecule has 8 heteroatoms. The molecular weight excluding hydrogens is 372 g/mol. The van der Waals surface area contributed by atoms with Crippen LogP contribution in [-0.4, -0.2) is 32.5 Å². The lowest BCUT2D eigenvalue weighted by Gasteiger charge is -2.24. The van der Waals surface area contributed by atoms with E-state index in [1.165, 1.54) is 18.3 Å². The molecule has 3 aromatic rings. The third-order valence-corrected chi connectivity index (χ3v) is 4.54. The largest absolute Gasteiger partial charge is 0.447 e. The highest BCUT2D eigenvalue weighted by atomic mass is 16.6. The Morgan fingerprint density at radius 2 is 1.97 bits per heavy atom. The summed E-state index contributed by atoms with van der Waals surface area (Å²) in [5, 5.41) is 10.9. The van der Waals surface area contributed by atoms with E-state index in [0.717, 1.165) is 5.56 Å². The molecule has 29 heavy (non-hydrogen) atoms. The highest BCUT2D eigenvalue weighted by molar-refractivity contribution is 5.90. The zero-order valence-corrected chi connectivity index (χ0v) is 15.2. The number of nitrogens with zero attached hydrogens (tertiary/aromatic N) is 4. The van der Waals surface area contributed by atoms with Gasteiger partial charge in [-0.05, 0) is 29.8 Å². The minimum atomic E-state index is -0.508. The number of hydrogen-bond acceptors (Lipinski definition) is 6. The zero-order valence-electron chi connectivity index (χ0n) is 15.2. The maximum absolute atomic E-state index is 12.6. The molecule has 1 aliphatic rings. The minimum Gasteiger partial charge on any atom is -0.447 e. The van der Waals surface area contributed by atoms with Gasteiger partial charge in [0.1, 0.15) is 12.8 Å². The summed E-state index contributed by atoms with van der Waals surface area (Å²) >= 11 is 0. The third-order valence-electron chi connectivity index (χ3n) is 4.54. The van der Waals surface area contributed by atoms with Crippen molar-refractivity contribution in [3.63, 3.8) is 0 Å². The molecule has 1 aromatic carbocycles. The summed E-state index contributed by atoms with van der Waals surface area (Å²) in [6.07, 6.45) is 5.69. The monoisotopic (exact) mass is 388 g/mol. The molecule has 1 atom stereocenters. The number of rotatable bonds is 5. The van der Waals surface area contributed by atoms with Gasteiger partial charge in [0.2, 0.25) is 0 Å². The zero-order chi connectivity index (χ0) is 20.2. The number of hydrogen-bond donors (Lipinski definition) is 0. The number of cyclic esters (lactones) is 1. The van der Waals surface area contributed by atoms with Crippen LogP contribution in [0.1, 0.15) is 22.9 Å². The first-order valence-corrected chi connectivity index (χ1v) is 8.87. The fourth-order valence-corrected chi connectivity index (χ4v) is 3.15. The molecule has 1 fully saturated rings. The van der Waals surface area contributed by atoms with Gasteiger partial charge in [-0.1, -0.05) is 30.3 Å². The van der Waals surface area contributed by atoms with Gasteiger partial charge in [0, 0.05) is 24.0 Å². The lowest BCUT2D eigenvalue weighted by Crippen LogP contribution is -2.26. The molecular formula is C21H16N4O4. The number of aromatic nitrogens is 2. The van der Waals surface area contributed by atoms with E-state index in [0.29, 0.717) is 17.0 Å². The van der Waals surface area contributed by atoms with Crippen molar-refractivity contribution in [1.82, 2.24) is 14.9 Å². The predicted molar refractivity (Wildman–Crippen MR) is 105 cm³/mol. The van der Waals surface area contributed by atoms with E-state index >= 15 is 0 Å². The van der Waals surface area contributed by atoms with Crippen molar-refractivity contribution in [3.8, 4) is 0 Å². The van der Waals surface area contributed by atoms with E-state index in [1.54, 1.807) is 29.4 Å². The molecule has 4 rings (SSSR count). The van der Waals surface area contributed by atoms with Crippen LogP contribution < -0.4 is 0 Å². The Morgan fingerprint density at radius 3 is 2.62 bits per heavy atom. The maximum atomic E-state index is 12.6. The van der Waals surface area contributed by atoms with Crippen LogP contribution in [0.2, 0.25) is 0 Å². The summed E-state index contributed by atoms with van der Waals surface area (Å²) in [7, 11) is 0. The van der Waals surface area contributed by atoms with Crippen LogP contribution in [0.15, 0.2) is 73.2 Å². The summed E-state index contributed by atoms with van der Waals surface area (Å²) in [4.78, 5) is 32.9. The van der Waals surface area contributed by atoms with Crippen LogP contribution in [0.4, 0.5) is 10.5 Å². The maximum Gasteiger partial charge on any atom is 0.415 e. The molecule has 0 radical (unpaired) electrons. The van der Waals surface area contributed by atoms with E-state index in [2.05, 4.69) is 9.97 Å². The number of carbonyl (C=O) groups excluding carboxylic acids is 1. The highest BCUT2D eigenvalue weighted by Gasteiger charge is 2.37. The lowest BCUT2D eigenvalue weighted by atomic mass is 10.0. The molecule has 0 aliphatic carbocycles. The topological polar surface area (TPSA) is 98.5 Å². The minimum absolute atomic E-state index is 0.104. The van der Waals surface area contributed by atoms with Crippen LogP contribution in [0.5, 0.6) is 0 Å². The van der Waals surface area contributed by atoms with Gasteiger partial charge in [0.25, 0.3) is 5.69 Å². The Balaban J connectivity index is 1.80. The Hall–Kier alpha value is -4.07. The van der Waals surface area contributed by atoms with Crippen molar-refractivity contribution in [3.05, 3.63) is 100 Å². The molecule has 0 saturated carbocycles. The average molecular weight is 388 g/mol. The molecule has 0 N–H and O–H groups in total. The Bertz CT molecular complexity index is 1050. The molecule has 144 valence electrons. The van der Waals surface area contributed by atoms with Crippen molar-refractivity contribution in [2.45, 2.75) is 6.04 Å². The quantitative estimate of drug-likeness (QED) is 0.482. The second-order valence-corrected chi connectivity index (χ2v) is 6.34. The second-order valence-electron chi connectivity index (χ2n) is 6.34. The summed E-state index contributed by atoms with van der Waals surface area (Å²) in [6.45, 7) is 0.216. The van der Waals surface area contributed by atoms with Gasteiger partial charge in [0.05, 0.1) is 22.4 Å². The molecule has 0 spiro atoms. The van der Waals surface area contributed by atoms with E-state index in [1.807, 2.05) is 36.4 Å². The van der Waals surface area contributed by atoms with Gasteiger partial charge in [0.15, 0.2) is 0 Å². The Morgan fingerprint density at radius 1 is 1.14 bits per heavy atom. The van der Waals surface area contributed by atoms with Crippen LogP contribution in [0, 0.1) is 10.1 Å². The summed E-state index contributed by atoms with van der Waals surface area (Å²) in [6, 6.07) is 15.8. The third kappa shape index (κ3) is 3.81. The number of ether oxygens (including phenoxy) is 1. The molecule has 1 saturated heterocycles. The van der Waals surface area contributed by atoms with E-state index < -0.39 is 11.0 Å². The molecule has 1 amide bonds. The molecule has 2 aromatic heterocycles. The van der Waals surface area contributed by atoms with E-state index in [4.69, 9.17) is 4.74 Å². The Kier molecular flexibility index (Phi) is 4.98. The number of carbonyl (C=O) groups is 1. The van der Waals surface area contributed by atoms with Crippen molar-refractivity contribution in [2.24, 2.45) is 0 Å². The molecule has 1 aliphatic heterocycles. The van der Waals surface area contributed by atoms with Crippen molar-refractivity contribution < 1.29 is 14.5 Å². The van der Waals surface area contributed by atoms with Gasteiger partial charge in [-0.2, -0.15) is 0 Å². The van der Waals surface area contributed by atoms with Gasteiger partial charge >= 0.3 is 6.09 Å². The first-order chi connectivity index (χ1) is 14.1.